The van der Waals surface area contributed by atoms with Gasteiger partial charge in [-0.15, -0.1) is 11.3 Å². The first-order valence-electron chi connectivity index (χ1n) is 9.66. The van der Waals surface area contributed by atoms with Gasteiger partial charge in [-0.2, -0.15) is 0 Å². The number of anilines is 2. The van der Waals surface area contributed by atoms with Crippen LogP contribution in [0.3, 0.4) is 0 Å². The average molecular weight is 468 g/mol. The molecule has 0 aliphatic carbocycles. The molecule has 4 rings (SSSR count). The predicted octanol–water partition coefficient (Wildman–Crippen LogP) is 5.60. The fraction of sp³-hybridized carbons (Fsp3) is 0.130. The molecule has 0 fully saturated rings. The summed E-state index contributed by atoms with van der Waals surface area (Å²) in [6.07, 6.45) is 1.76. The number of nitrogens with one attached hydrogen (secondary N) is 2. The molecule has 0 atom stereocenters. The van der Waals surface area contributed by atoms with E-state index in [0.717, 1.165) is 20.0 Å². The quantitative estimate of drug-likeness (QED) is 0.328. The summed E-state index contributed by atoms with van der Waals surface area (Å²) in [6, 6.07) is 16.3. The van der Waals surface area contributed by atoms with Gasteiger partial charge in [0.1, 0.15) is 0 Å². The number of thiophene rings is 1. The summed E-state index contributed by atoms with van der Waals surface area (Å²) in [5, 5.41) is 16.7. The SMILES string of the molecule is COc1cc2nccc(Sc3ccc(NC(=O)Nc4ccccc4CO)s3)c2cc1OC. The minimum Gasteiger partial charge on any atom is -0.493 e. The fourth-order valence-corrected chi connectivity index (χ4v) is 5.23. The summed E-state index contributed by atoms with van der Waals surface area (Å²) in [4.78, 5) is 17.8. The van der Waals surface area contributed by atoms with Crippen molar-refractivity contribution in [1.82, 2.24) is 4.98 Å². The zero-order valence-electron chi connectivity index (χ0n) is 17.4. The van der Waals surface area contributed by atoms with Crippen LogP contribution in [0.2, 0.25) is 0 Å². The lowest BCUT2D eigenvalue weighted by Gasteiger charge is -2.11. The van der Waals surface area contributed by atoms with Crippen molar-refractivity contribution in [3.63, 3.8) is 0 Å². The number of pyridine rings is 1. The number of fused-ring (bicyclic) bond motifs is 1. The number of hydrogen-bond donors (Lipinski definition) is 3. The Morgan fingerprint density at radius 3 is 2.62 bits per heavy atom. The molecule has 2 amide bonds. The third-order valence-electron chi connectivity index (χ3n) is 4.67. The number of hydrogen-bond acceptors (Lipinski definition) is 7. The van der Waals surface area contributed by atoms with E-state index in [1.54, 1.807) is 50.4 Å². The summed E-state index contributed by atoms with van der Waals surface area (Å²) in [6.45, 7) is -0.146. The summed E-state index contributed by atoms with van der Waals surface area (Å²) < 4.78 is 11.8. The Morgan fingerprint density at radius 2 is 1.84 bits per heavy atom. The lowest BCUT2D eigenvalue weighted by Crippen LogP contribution is -2.19. The van der Waals surface area contributed by atoms with E-state index in [9.17, 15) is 9.90 Å². The van der Waals surface area contributed by atoms with Crippen LogP contribution < -0.4 is 20.1 Å². The first-order chi connectivity index (χ1) is 15.6. The van der Waals surface area contributed by atoms with Gasteiger partial charge in [0.25, 0.3) is 0 Å². The molecular formula is C23H21N3O4S2. The van der Waals surface area contributed by atoms with Gasteiger partial charge in [-0.05, 0) is 30.3 Å². The van der Waals surface area contributed by atoms with Gasteiger partial charge in [0.05, 0.1) is 35.6 Å². The van der Waals surface area contributed by atoms with Gasteiger partial charge in [0.2, 0.25) is 0 Å². The molecule has 2 heterocycles. The molecule has 32 heavy (non-hydrogen) atoms. The summed E-state index contributed by atoms with van der Waals surface area (Å²) >= 11 is 3.05. The number of carbonyl (C=O) groups excluding carboxylic acids is 1. The van der Waals surface area contributed by atoms with Crippen molar-refractivity contribution >= 4 is 50.7 Å². The maximum Gasteiger partial charge on any atom is 0.324 e. The van der Waals surface area contributed by atoms with E-state index >= 15 is 0 Å². The number of carbonyl (C=O) groups is 1. The number of aliphatic hydroxyl groups excluding tert-OH is 1. The first kappa shape index (κ1) is 21.9. The second-order valence-corrected chi connectivity index (χ2v) is 9.07. The highest BCUT2D eigenvalue weighted by Gasteiger charge is 2.13. The normalized spacial score (nSPS) is 10.7. The Balaban J connectivity index is 1.50. The molecule has 3 N–H and O–H groups in total. The van der Waals surface area contributed by atoms with Gasteiger partial charge in [0, 0.05) is 33.8 Å². The summed E-state index contributed by atoms with van der Waals surface area (Å²) in [7, 11) is 3.20. The number of aromatic nitrogens is 1. The number of para-hydroxylation sites is 1. The van der Waals surface area contributed by atoms with Crippen molar-refractivity contribution in [3.05, 3.63) is 66.4 Å². The first-order valence-corrected chi connectivity index (χ1v) is 11.3. The van der Waals surface area contributed by atoms with Crippen LogP contribution in [0.15, 0.2) is 69.9 Å². The van der Waals surface area contributed by atoms with Crippen LogP contribution in [0.4, 0.5) is 15.5 Å². The molecule has 0 spiro atoms. The number of amides is 2. The van der Waals surface area contributed by atoms with Crippen LogP contribution >= 0.6 is 23.1 Å². The third kappa shape index (κ3) is 4.80. The molecule has 0 unspecified atom stereocenters. The van der Waals surface area contributed by atoms with E-state index in [2.05, 4.69) is 15.6 Å². The highest BCUT2D eigenvalue weighted by atomic mass is 32.2. The molecule has 164 valence electrons. The zero-order chi connectivity index (χ0) is 22.5. The van der Waals surface area contributed by atoms with Crippen LogP contribution in [-0.2, 0) is 6.61 Å². The van der Waals surface area contributed by atoms with Crippen molar-refractivity contribution in [2.24, 2.45) is 0 Å². The van der Waals surface area contributed by atoms with Crippen molar-refractivity contribution in [2.45, 2.75) is 15.7 Å². The average Bonchev–Trinajstić information content (AvgIpc) is 3.25. The molecular weight excluding hydrogens is 446 g/mol. The predicted molar refractivity (Wildman–Crippen MR) is 128 cm³/mol. The minimum absolute atomic E-state index is 0.146. The van der Waals surface area contributed by atoms with Crippen LogP contribution in [-0.4, -0.2) is 30.3 Å². The van der Waals surface area contributed by atoms with Crippen molar-refractivity contribution in [1.29, 1.82) is 0 Å². The number of benzene rings is 2. The molecule has 9 heteroatoms. The van der Waals surface area contributed by atoms with Gasteiger partial charge in [0.15, 0.2) is 11.5 Å². The summed E-state index contributed by atoms with van der Waals surface area (Å²) in [5.41, 5.74) is 2.04. The molecule has 4 aromatic rings. The van der Waals surface area contributed by atoms with Gasteiger partial charge in [-0.3, -0.25) is 10.3 Å². The molecule has 2 aromatic heterocycles. The number of nitrogens with zero attached hydrogens (tertiary/aromatic N) is 1. The fourth-order valence-electron chi connectivity index (χ4n) is 3.13. The van der Waals surface area contributed by atoms with E-state index in [0.29, 0.717) is 27.8 Å². The van der Waals surface area contributed by atoms with E-state index in [1.165, 1.54) is 11.3 Å². The Hall–Kier alpha value is -3.27. The maximum absolute atomic E-state index is 12.4. The van der Waals surface area contributed by atoms with E-state index < -0.39 is 0 Å². The highest BCUT2D eigenvalue weighted by Crippen LogP contribution is 2.41. The molecule has 0 aliphatic heterocycles. The van der Waals surface area contributed by atoms with Crippen LogP contribution in [0.5, 0.6) is 11.5 Å². The number of aliphatic hydroxyl groups is 1. The van der Waals surface area contributed by atoms with Gasteiger partial charge in [-0.25, -0.2) is 4.79 Å². The van der Waals surface area contributed by atoms with E-state index in [-0.39, 0.29) is 12.6 Å². The molecule has 0 saturated carbocycles. The van der Waals surface area contributed by atoms with Crippen LogP contribution in [0.1, 0.15) is 5.56 Å². The van der Waals surface area contributed by atoms with Crippen molar-refractivity contribution < 1.29 is 19.4 Å². The second kappa shape index (κ2) is 9.90. The lowest BCUT2D eigenvalue weighted by molar-refractivity contribution is 0.262. The Labute approximate surface area is 193 Å². The highest BCUT2D eigenvalue weighted by molar-refractivity contribution is 8.01. The smallest absolute Gasteiger partial charge is 0.324 e. The van der Waals surface area contributed by atoms with Crippen LogP contribution in [0.25, 0.3) is 10.9 Å². The van der Waals surface area contributed by atoms with Crippen molar-refractivity contribution in [2.75, 3.05) is 24.9 Å². The monoisotopic (exact) mass is 467 g/mol. The molecule has 0 bridgehead atoms. The molecule has 2 aromatic carbocycles. The van der Waals surface area contributed by atoms with Gasteiger partial charge in [-0.1, -0.05) is 30.0 Å². The van der Waals surface area contributed by atoms with Gasteiger partial charge < -0.3 is 19.9 Å². The molecule has 0 aliphatic rings. The lowest BCUT2D eigenvalue weighted by atomic mass is 10.2. The maximum atomic E-state index is 12.4. The summed E-state index contributed by atoms with van der Waals surface area (Å²) in [5.74, 6) is 1.27. The molecule has 0 saturated heterocycles. The molecule has 0 radical (unpaired) electrons. The Bertz CT molecular complexity index is 1260. The zero-order valence-corrected chi connectivity index (χ0v) is 19.0. The number of urea groups is 1. The Morgan fingerprint density at radius 1 is 1.06 bits per heavy atom. The van der Waals surface area contributed by atoms with E-state index in [4.69, 9.17) is 9.47 Å². The number of rotatable bonds is 7. The Kier molecular flexibility index (Phi) is 6.79. The third-order valence-corrected chi connectivity index (χ3v) is 6.88. The van der Waals surface area contributed by atoms with Gasteiger partial charge >= 0.3 is 6.03 Å². The van der Waals surface area contributed by atoms with E-state index in [1.807, 2.05) is 36.4 Å². The number of methoxy groups -OCH3 is 2. The standard InChI is InChI=1S/C23H21N3O4S2/c1-29-18-11-15-17(12-19(18)30-2)24-10-9-20(15)31-22-8-7-21(32-22)26-23(28)25-16-6-4-3-5-14(16)13-27/h3-12,27H,13H2,1-2H3,(H2,25,26,28). The topological polar surface area (TPSA) is 92.7 Å². The second-order valence-electron chi connectivity index (χ2n) is 6.65. The van der Waals surface area contributed by atoms with Crippen LogP contribution in [0, 0.1) is 0 Å². The van der Waals surface area contributed by atoms with Crippen molar-refractivity contribution in [3.8, 4) is 11.5 Å². The largest absolute Gasteiger partial charge is 0.493 e. The molecule has 7 nitrogen and oxygen atoms in total. The minimum atomic E-state index is -0.365. The number of ether oxygens (including phenoxy) is 2.